The Morgan fingerprint density at radius 3 is 2.80 bits per heavy atom. The van der Waals surface area contributed by atoms with Crippen molar-refractivity contribution in [1.82, 2.24) is 14.0 Å². The summed E-state index contributed by atoms with van der Waals surface area (Å²) in [5.41, 5.74) is 0.738. The lowest BCUT2D eigenvalue weighted by Crippen LogP contribution is -2.50. The molecule has 5 rings (SSSR count). The molecule has 2 aliphatic heterocycles. The standard InChI is InChI=1S/C21H19ClN4O4/c22-16-2-1-14-5-6-23(19(14)8-16)12-20(27)24-9-13-7-15(11-24)17-3-4-18(26(29)30)21(28)25(17)10-13/h1-6,8,13,15H,7,9-12H2/t13-,15+/m0/s1. The maximum absolute atomic E-state index is 13.1. The van der Waals surface area contributed by atoms with E-state index in [1.54, 1.807) is 6.07 Å². The van der Waals surface area contributed by atoms with Crippen LogP contribution in [0.1, 0.15) is 18.0 Å². The van der Waals surface area contributed by atoms with Gasteiger partial charge in [-0.15, -0.1) is 0 Å². The number of nitro groups is 1. The average Bonchev–Trinajstić information content (AvgIpc) is 3.10. The maximum atomic E-state index is 13.1. The number of carbonyl (C=O) groups excluding carboxylic acids is 1. The highest BCUT2D eigenvalue weighted by molar-refractivity contribution is 6.31. The Morgan fingerprint density at radius 2 is 2.00 bits per heavy atom. The van der Waals surface area contributed by atoms with Gasteiger partial charge in [0.05, 0.1) is 4.92 Å². The van der Waals surface area contributed by atoms with Crippen molar-refractivity contribution in [1.29, 1.82) is 0 Å². The van der Waals surface area contributed by atoms with E-state index in [1.807, 2.05) is 39.9 Å². The van der Waals surface area contributed by atoms with Crippen LogP contribution in [0.2, 0.25) is 5.02 Å². The molecular weight excluding hydrogens is 408 g/mol. The number of nitrogens with zero attached hydrogens (tertiary/aromatic N) is 4. The Kier molecular flexibility index (Phi) is 4.39. The lowest BCUT2D eigenvalue weighted by molar-refractivity contribution is -0.386. The van der Waals surface area contributed by atoms with Crippen LogP contribution in [0.15, 0.2) is 47.4 Å². The summed E-state index contributed by atoms with van der Waals surface area (Å²) < 4.78 is 3.43. The SMILES string of the molecule is O=C(Cn1ccc2ccc(Cl)cc21)N1C[C@@H]2C[C@H](C1)c1ccc([N+](=O)[O-])c(=O)n1C2. The molecule has 3 aromatic rings. The number of rotatable bonds is 3. The first-order chi connectivity index (χ1) is 14.4. The molecule has 2 atom stereocenters. The second-order valence-electron chi connectivity index (χ2n) is 8.06. The van der Waals surface area contributed by atoms with Gasteiger partial charge in [-0.1, -0.05) is 17.7 Å². The molecule has 0 N–H and O–H groups in total. The Bertz CT molecular complexity index is 1250. The molecule has 1 saturated heterocycles. The summed E-state index contributed by atoms with van der Waals surface area (Å²) in [7, 11) is 0. The van der Waals surface area contributed by atoms with Crippen LogP contribution >= 0.6 is 11.6 Å². The molecule has 0 spiro atoms. The first-order valence-corrected chi connectivity index (χ1v) is 10.2. The lowest BCUT2D eigenvalue weighted by atomic mass is 9.83. The summed E-state index contributed by atoms with van der Waals surface area (Å²) in [6.45, 7) is 1.67. The highest BCUT2D eigenvalue weighted by Crippen LogP contribution is 2.35. The lowest BCUT2D eigenvalue weighted by Gasteiger charge is -2.42. The monoisotopic (exact) mass is 426 g/mol. The van der Waals surface area contributed by atoms with Gasteiger partial charge < -0.3 is 14.0 Å². The molecule has 2 aliphatic rings. The molecule has 1 fully saturated rings. The van der Waals surface area contributed by atoms with Crippen molar-refractivity contribution in [2.24, 2.45) is 5.92 Å². The number of aromatic nitrogens is 2. The maximum Gasteiger partial charge on any atom is 0.334 e. The Morgan fingerprint density at radius 1 is 1.17 bits per heavy atom. The fourth-order valence-corrected chi connectivity index (χ4v) is 4.98. The molecule has 30 heavy (non-hydrogen) atoms. The fraction of sp³-hybridized carbons (Fsp3) is 0.333. The molecule has 0 aliphatic carbocycles. The van der Waals surface area contributed by atoms with E-state index in [-0.39, 0.29) is 24.3 Å². The number of amides is 1. The summed E-state index contributed by atoms with van der Waals surface area (Å²) >= 11 is 6.11. The summed E-state index contributed by atoms with van der Waals surface area (Å²) in [5.74, 6) is 0.126. The van der Waals surface area contributed by atoms with Crippen LogP contribution in [0, 0.1) is 16.0 Å². The molecule has 0 unspecified atom stereocenters. The van der Waals surface area contributed by atoms with Gasteiger partial charge >= 0.3 is 11.2 Å². The first-order valence-electron chi connectivity index (χ1n) is 9.81. The van der Waals surface area contributed by atoms with Crippen molar-refractivity contribution in [3.05, 3.63) is 73.8 Å². The van der Waals surface area contributed by atoms with E-state index in [9.17, 15) is 19.7 Å². The van der Waals surface area contributed by atoms with Gasteiger partial charge in [0.25, 0.3) is 0 Å². The molecule has 154 valence electrons. The minimum absolute atomic E-state index is 0.00537. The van der Waals surface area contributed by atoms with Crippen molar-refractivity contribution >= 4 is 34.1 Å². The third-order valence-corrected chi connectivity index (χ3v) is 6.41. The predicted molar refractivity (Wildman–Crippen MR) is 112 cm³/mol. The summed E-state index contributed by atoms with van der Waals surface area (Å²) in [5, 5.41) is 12.7. The van der Waals surface area contributed by atoms with E-state index in [2.05, 4.69) is 0 Å². The van der Waals surface area contributed by atoms with Gasteiger partial charge in [-0.2, -0.15) is 0 Å². The van der Waals surface area contributed by atoms with E-state index in [0.717, 1.165) is 23.0 Å². The highest BCUT2D eigenvalue weighted by atomic mass is 35.5. The van der Waals surface area contributed by atoms with Gasteiger partial charge in [-0.3, -0.25) is 19.7 Å². The third kappa shape index (κ3) is 3.08. The number of pyridine rings is 1. The molecule has 0 saturated carbocycles. The summed E-state index contributed by atoms with van der Waals surface area (Å²) in [4.78, 5) is 37.9. The summed E-state index contributed by atoms with van der Waals surface area (Å²) in [6.07, 6.45) is 2.76. The number of fused-ring (bicyclic) bond motifs is 5. The number of carbonyl (C=O) groups is 1. The molecule has 2 bridgehead atoms. The molecule has 2 aromatic heterocycles. The van der Waals surface area contributed by atoms with Crippen LogP contribution in [-0.4, -0.2) is 38.0 Å². The second-order valence-corrected chi connectivity index (χ2v) is 8.50. The highest BCUT2D eigenvalue weighted by Gasteiger charge is 2.37. The van der Waals surface area contributed by atoms with Gasteiger partial charge in [0.15, 0.2) is 0 Å². The molecular formula is C21H19ClN4O4. The largest absolute Gasteiger partial charge is 0.340 e. The predicted octanol–water partition coefficient (Wildman–Crippen LogP) is 3.01. The minimum atomic E-state index is -0.635. The number of hydrogen-bond acceptors (Lipinski definition) is 4. The van der Waals surface area contributed by atoms with E-state index >= 15 is 0 Å². The number of likely N-dealkylation sites (tertiary alicyclic amines) is 1. The zero-order valence-corrected chi connectivity index (χ0v) is 16.8. The Balaban J connectivity index is 1.39. The van der Waals surface area contributed by atoms with Crippen LogP contribution in [0.25, 0.3) is 10.9 Å². The molecule has 8 nitrogen and oxygen atoms in total. The molecule has 4 heterocycles. The average molecular weight is 427 g/mol. The summed E-state index contributed by atoms with van der Waals surface area (Å²) in [6, 6.07) is 10.5. The third-order valence-electron chi connectivity index (χ3n) is 6.18. The van der Waals surface area contributed by atoms with E-state index in [4.69, 9.17) is 11.6 Å². The quantitative estimate of drug-likeness (QED) is 0.475. The van der Waals surface area contributed by atoms with Crippen molar-refractivity contribution in [2.45, 2.75) is 25.4 Å². The van der Waals surface area contributed by atoms with E-state index in [1.165, 1.54) is 10.6 Å². The zero-order chi connectivity index (χ0) is 21.0. The zero-order valence-electron chi connectivity index (χ0n) is 16.0. The van der Waals surface area contributed by atoms with Crippen LogP contribution in [0.4, 0.5) is 5.69 Å². The second kappa shape index (κ2) is 6.98. The van der Waals surface area contributed by atoms with Crippen molar-refractivity contribution < 1.29 is 9.72 Å². The number of benzene rings is 1. The number of halogens is 1. The Hall–Kier alpha value is -3.13. The van der Waals surface area contributed by atoms with Gasteiger partial charge in [0, 0.05) is 54.0 Å². The van der Waals surface area contributed by atoms with Gasteiger partial charge in [-0.25, -0.2) is 0 Å². The fourth-order valence-electron chi connectivity index (χ4n) is 4.82. The first kappa shape index (κ1) is 18.9. The van der Waals surface area contributed by atoms with Gasteiger partial charge in [0.1, 0.15) is 6.54 Å². The van der Waals surface area contributed by atoms with Crippen LogP contribution in [-0.2, 0) is 17.9 Å². The minimum Gasteiger partial charge on any atom is -0.340 e. The molecule has 0 radical (unpaired) electrons. The van der Waals surface area contributed by atoms with Crippen molar-refractivity contribution in [3.63, 3.8) is 0 Å². The van der Waals surface area contributed by atoms with Gasteiger partial charge in [-0.05, 0) is 42.0 Å². The smallest absolute Gasteiger partial charge is 0.334 e. The van der Waals surface area contributed by atoms with Crippen molar-refractivity contribution in [2.75, 3.05) is 13.1 Å². The molecule has 9 heteroatoms. The molecule has 1 amide bonds. The van der Waals surface area contributed by atoms with Crippen LogP contribution in [0.5, 0.6) is 0 Å². The van der Waals surface area contributed by atoms with Crippen molar-refractivity contribution in [3.8, 4) is 0 Å². The number of hydrogen-bond donors (Lipinski definition) is 0. The topological polar surface area (TPSA) is 90.4 Å². The molecule has 1 aromatic carbocycles. The normalized spacial score (nSPS) is 20.2. The van der Waals surface area contributed by atoms with Crippen LogP contribution in [0.3, 0.4) is 0 Å². The van der Waals surface area contributed by atoms with E-state index < -0.39 is 16.2 Å². The van der Waals surface area contributed by atoms with E-state index in [0.29, 0.717) is 24.7 Å². The van der Waals surface area contributed by atoms with Crippen LogP contribution < -0.4 is 5.56 Å². The van der Waals surface area contributed by atoms with Gasteiger partial charge in [0.2, 0.25) is 5.91 Å². The number of piperidine rings is 1. The Labute approximate surface area is 176 Å².